The Hall–Kier alpha value is -2.86. The van der Waals surface area contributed by atoms with Gasteiger partial charge >= 0.3 is 5.97 Å². The van der Waals surface area contributed by atoms with E-state index in [0.717, 1.165) is 5.69 Å². The Morgan fingerprint density at radius 3 is 2.21 bits per heavy atom. The molecule has 152 valence electrons. The summed E-state index contributed by atoms with van der Waals surface area (Å²) in [6.45, 7) is 2.09. The maximum absolute atomic E-state index is 12.3. The average Bonchev–Trinajstić information content (AvgIpc) is 2.77. The summed E-state index contributed by atoms with van der Waals surface area (Å²) in [4.78, 5) is 40.0. The van der Waals surface area contributed by atoms with Crippen molar-refractivity contribution in [2.75, 3.05) is 37.7 Å². The molecular weight excluding hydrogens is 392 g/mol. The number of para-hydroxylation sites is 1. The van der Waals surface area contributed by atoms with Gasteiger partial charge in [-0.15, -0.1) is 0 Å². The van der Waals surface area contributed by atoms with Crippen LogP contribution in [0, 0.1) is 0 Å². The lowest BCUT2D eigenvalue weighted by molar-refractivity contribution is -0.152. The molecular formula is C22H23ClN2O4. The first-order chi connectivity index (χ1) is 14.0. The summed E-state index contributed by atoms with van der Waals surface area (Å²) in [6, 6.07) is 16.4. The third kappa shape index (κ3) is 5.81. The summed E-state index contributed by atoms with van der Waals surface area (Å²) < 4.78 is 5.06. The monoisotopic (exact) mass is 414 g/mol. The van der Waals surface area contributed by atoms with Crippen molar-refractivity contribution in [3.8, 4) is 0 Å². The fourth-order valence-electron chi connectivity index (χ4n) is 3.19. The number of esters is 1. The standard InChI is InChI=1S/C22H23ClN2O4/c23-18-8-4-5-9-19(18)24-12-14-25(15-13-24)21(27)16-29-22(28)11-10-20(26)17-6-2-1-3-7-17/h1-9H,10-16H2. The van der Waals surface area contributed by atoms with E-state index in [-0.39, 0.29) is 31.1 Å². The molecule has 29 heavy (non-hydrogen) atoms. The van der Waals surface area contributed by atoms with E-state index in [1.807, 2.05) is 30.3 Å². The van der Waals surface area contributed by atoms with Crippen molar-refractivity contribution in [3.63, 3.8) is 0 Å². The third-order valence-electron chi connectivity index (χ3n) is 4.83. The molecule has 2 aromatic rings. The van der Waals surface area contributed by atoms with Crippen LogP contribution in [0.3, 0.4) is 0 Å². The average molecular weight is 415 g/mol. The molecule has 1 amide bonds. The Kier molecular flexibility index (Phi) is 7.25. The predicted octanol–water partition coefficient (Wildman–Crippen LogP) is 3.19. The van der Waals surface area contributed by atoms with Crippen molar-refractivity contribution in [1.82, 2.24) is 4.90 Å². The molecule has 0 aliphatic carbocycles. The Labute approximate surface area is 175 Å². The topological polar surface area (TPSA) is 66.9 Å². The van der Waals surface area contributed by atoms with Gasteiger partial charge in [-0.05, 0) is 12.1 Å². The van der Waals surface area contributed by atoms with Gasteiger partial charge in [0.1, 0.15) is 0 Å². The number of rotatable bonds is 7. The van der Waals surface area contributed by atoms with Crippen molar-refractivity contribution in [2.45, 2.75) is 12.8 Å². The zero-order valence-electron chi connectivity index (χ0n) is 16.1. The van der Waals surface area contributed by atoms with Gasteiger partial charge in [-0.1, -0.05) is 54.1 Å². The molecule has 1 aliphatic rings. The van der Waals surface area contributed by atoms with Crippen LogP contribution in [0.2, 0.25) is 5.02 Å². The lowest BCUT2D eigenvalue weighted by atomic mass is 10.1. The van der Waals surface area contributed by atoms with Gasteiger partial charge < -0.3 is 14.5 Å². The lowest BCUT2D eigenvalue weighted by Gasteiger charge is -2.36. The highest BCUT2D eigenvalue weighted by Crippen LogP contribution is 2.26. The van der Waals surface area contributed by atoms with Crippen LogP contribution in [0.25, 0.3) is 0 Å². The fraction of sp³-hybridized carbons (Fsp3) is 0.318. The fourth-order valence-corrected chi connectivity index (χ4v) is 3.45. The van der Waals surface area contributed by atoms with Crippen LogP contribution in [0.1, 0.15) is 23.2 Å². The molecule has 1 saturated heterocycles. The van der Waals surface area contributed by atoms with Crippen molar-refractivity contribution in [3.05, 3.63) is 65.2 Å². The number of Topliss-reactive ketones (excluding diaryl/α,β-unsaturated/α-hetero) is 1. The Morgan fingerprint density at radius 1 is 0.862 bits per heavy atom. The van der Waals surface area contributed by atoms with Gasteiger partial charge in [0, 0.05) is 38.2 Å². The van der Waals surface area contributed by atoms with E-state index in [1.165, 1.54) is 0 Å². The van der Waals surface area contributed by atoms with Crippen molar-refractivity contribution < 1.29 is 19.1 Å². The summed E-state index contributed by atoms with van der Waals surface area (Å²) in [7, 11) is 0. The van der Waals surface area contributed by atoms with E-state index in [9.17, 15) is 14.4 Å². The van der Waals surface area contributed by atoms with Crippen LogP contribution in [0.5, 0.6) is 0 Å². The van der Waals surface area contributed by atoms with Crippen LogP contribution in [0.15, 0.2) is 54.6 Å². The number of amides is 1. The highest BCUT2D eigenvalue weighted by atomic mass is 35.5. The van der Waals surface area contributed by atoms with Crippen molar-refractivity contribution in [1.29, 1.82) is 0 Å². The summed E-state index contributed by atoms with van der Waals surface area (Å²) >= 11 is 6.23. The molecule has 0 aromatic heterocycles. The quantitative estimate of drug-likeness (QED) is 0.514. The number of halogens is 1. The van der Waals surface area contributed by atoms with Crippen LogP contribution in [-0.4, -0.2) is 55.3 Å². The highest BCUT2D eigenvalue weighted by molar-refractivity contribution is 6.33. The summed E-state index contributed by atoms with van der Waals surface area (Å²) in [5.41, 5.74) is 1.52. The Morgan fingerprint density at radius 2 is 1.52 bits per heavy atom. The van der Waals surface area contributed by atoms with E-state index in [0.29, 0.717) is 36.8 Å². The largest absolute Gasteiger partial charge is 0.456 e. The molecule has 1 fully saturated rings. The molecule has 0 N–H and O–H groups in total. The molecule has 0 unspecified atom stereocenters. The first-order valence-electron chi connectivity index (χ1n) is 9.55. The number of hydrogen-bond acceptors (Lipinski definition) is 5. The van der Waals surface area contributed by atoms with Gasteiger partial charge in [0.25, 0.3) is 5.91 Å². The third-order valence-corrected chi connectivity index (χ3v) is 5.15. The van der Waals surface area contributed by atoms with Gasteiger partial charge in [-0.3, -0.25) is 14.4 Å². The summed E-state index contributed by atoms with van der Waals surface area (Å²) in [5.74, 6) is -0.895. The van der Waals surface area contributed by atoms with Crippen LogP contribution < -0.4 is 4.90 Å². The SMILES string of the molecule is O=C(CCC(=O)c1ccccc1)OCC(=O)N1CCN(c2ccccc2Cl)CC1. The van der Waals surface area contributed by atoms with Crippen molar-refractivity contribution >= 4 is 34.9 Å². The second-order valence-corrected chi connectivity index (χ2v) is 7.18. The maximum Gasteiger partial charge on any atom is 0.306 e. The number of piperazine rings is 1. The van der Waals surface area contributed by atoms with E-state index in [4.69, 9.17) is 16.3 Å². The molecule has 1 aliphatic heterocycles. The number of carbonyl (C=O) groups is 3. The van der Waals surface area contributed by atoms with Crippen molar-refractivity contribution in [2.24, 2.45) is 0 Å². The molecule has 0 bridgehead atoms. The molecule has 0 radical (unpaired) electrons. The normalized spacial score (nSPS) is 13.8. The number of hydrogen-bond donors (Lipinski definition) is 0. The molecule has 7 heteroatoms. The van der Waals surface area contributed by atoms with Crippen LogP contribution in [-0.2, 0) is 14.3 Å². The second-order valence-electron chi connectivity index (χ2n) is 6.77. The van der Waals surface area contributed by atoms with Gasteiger partial charge in [-0.25, -0.2) is 0 Å². The van der Waals surface area contributed by atoms with Crippen LogP contribution in [0.4, 0.5) is 5.69 Å². The summed E-state index contributed by atoms with van der Waals surface area (Å²) in [6.07, 6.45) is 0.0227. The Balaban J connectivity index is 1.38. The number of benzene rings is 2. The zero-order valence-corrected chi connectivity index (χ0v) is 16.8. The molecule has 2 aromatic carbocycles. The molecule has 6 nitrogen and oxygen atoms in total. The highest BCUT2D eigenvalue weighted by Gasteiger charge is 2.23. The molecule has 1 heterocycles. The van der Waals surface area contributed by atoms with Gasteiger partial charge in [0.15, 0.2) is 12.4 Å². The second kappa shape index (κ2) is 10.1. The maximum atomic E-state index is 12.3. The Bertz CT molecular complexity index is 864. The van der Waals surface area contributed by atoms with E-state index in [2.05, 4.69) is 4.90 Å². The minimum absolute atomic E-state index is 0.0404. The number of carbonyl (C=O) groups excluding carboxylic acids is 3. The smallest absolute Gasteiger partial charge is 0.306 e. The molecule has 3 rings (SSSR count). The van der Waals surface area contributed by atoms with Gasteiger partial charge in [0.05, 0.1) is 17.1 Å². The number of ketones is 1. The first-order valence-corrected chi connectivity index (χ1v) is 9.93. The van der Waals surface area contributed by atoms with E-state index >= 15 is 0 Å². The molecule has 0 saturated carbocycles. The number of ether oxygens (including phenoxy) is 1. The first kappa shape index (κ1) is 20.9. The predicted molar refractivity (Wildman–Crippen MR) is 111 cm³/mol. The minimum atomic E-state index is -0.544. The zero-order chi connectivity index (χ0) is 20.6. The van der Waals surface area contributed by atoms with Gasteiger partial charge in [0.2, 0.25) is 0 Å². The lowest BCUT2D eigenvalue weighted by Crippen LogP contribution is -2.50. The van der Waals surface area contributed by atoms with Crippen LogP contribution >= 0.6 is 11.6 Å². The van der Waals surface area contributed by atoms with E-state index < -0.39 is 5.97 Å². The van der Waals surface area contributed by atoms with Gasteiger partial charge in [-0.2, -0.15) is 0 Å². The number of nitrogens with zero attached hydrogens (tertiary/aromatic N) is 2. The summed E-state index contributed by atoms with van der Waals surface area (Å²) in [5, 5.41) is 0.686. The number of anilines is 1. The molecule has 0 spiro atoms. The molecule has 0 atom stereocenters. The van der Waals surface area contributed by atoms with E-state index in [1.54, 1.807) is 29.2 Å². The minimum Gasteiger partial charge on any atom is -0.456 e.